The zero-order chi connectivity index (χ0) is 39.4. The number of carbonyl (C=O) groups is 6. The van der Waals surface area contributed by atoms with Crippen molar-refractivity contribution in [3.8, 4) is 11.6 Å². The number of nitrogens with two attached hydrogens (primary N) is 1. The Balaban J connectivity index is 0.000000845. The highest BCUT2D eigenvalue weighted by Gasteiger charge is 2.38. The number of ether oxygens (including phenoxy) is 2. The summed E-state index contributed by atoms with van der Waals surface area (Å²) >= 11 is 0. The molecule has 2 aromatic rings. The van der Waals surface area contributed by atoms with Gasteiger partial charge >= 0.3 is 18.2 Å². The quantitative estimate of drug-likeness (QED) is 0.241. The van der Waals surface area contributed by atoms with Crippen molar-refractivity contribution < 1.29 is 56.5 Å². The van der Waals surface area contributed by atoms with Crippen molar-refractivity contribution >= 4 is 35.7 Å². The van der Waals surface area contributed by atoms with Crippen LogP contribution in [-0.4, -0.2) is 142 Å². The molecule has 0 spiro atoms. The number of benzene rings is 1. The highest BCUT2D eigenvalue weighted by Crippen LogP contribution is 2.24. The summed E-state index contributed by atoms with van der Waals surface area (Å²) in [6, 6.07) is 9.16. The number of nitrogens with one attached hydrogen (secondary N) is 2. The number of aliphatic carboxylic acids is 1. The van der Waals surface area contributed by atoms with Gasteiger partial charge in [0.05, 0.1) is 12.3 Å². The molecule has 17 nitrogen and oxygen atoms in total. The molecule has 1 aromatic heterocycles. The van der Waals surface area contributed by atoms with Gasteiger partial charge in [0.1, 0.15) is 12.1 Å². The zero-order valence-corrected chi connectivity index (χ0v) is 29.8. The lowest BCUT2D eigenvalue weighted by atomic mass is 9.93. The van der Waals surface area contributed by atoms with E-state index in [9.17, 15) is 37.1 Å². The smallest absolute Gasteiger partial charge is 0.475 e. The Bertz CT molecular complexity index is 1630. The van der Waals surface area contributed by atoms with Crippen molar-refractivity contribution in [2.75, 3.05) is 52.5 Å². The summed E-state index contributed by atoms with van der Waals surface area (Å²) in [4.78, 5) is 78.6. The first-order valence-electron chi connectivity index (χ1n) is 17.6. The fourth-order valence-electron chi connectivity index (χ4n) is 5.94. The van der Waals surface area contributed by atoms with E-state index in [1.54, 1.807) is 45.9 Å². The maximum atomic E-state index is 13.5. The van der Waals surface area contributed by atoms with Gasteiger partial charge in [-0.05, 0) is 64.1 Å². The lowest BCUT2D eigenvalue weighted by Crippen LogP contribution is -2.56. The van der Waals surface area contributed by atoms with E-state index < -0.39 is 36.2 Å². The van der Waals surface area contributed by atoms with Gasteiger partial charge < -0.3 is 45.6 Å². The number of rotatable bonds is 12. The van der Waals surface area contributed by atoms with E-state index in [-0.39, 0.29) is 61.5 Å². The monoisotopic (exact) mass is 766 g/mol. The van der Waals surface area contributed by atoms with Crippen LogP contribution in [0.3, 0.4) is 0 Å². The molecule has 2 saturated heterocycles. The molecule has 296 valence electrons. The van der Waals surface area contributed by atoms with Crippen molar-refractivity contribution in [3.63, 3.8) is 0 Å². The van der Waals surface area contributed by atoms with E-state index in [0.717, 1.165) is 25.7 Å². The number of carbonyl (C=O) groups excluding carboxylic acids is 5. The summed E-state index contributed by atoms with van der Waals surface area (Å²) < 4.78 is 44.1. The molecule has 3 heterocycles. The highest BCUT2D eigenvalue weighted by atomic mass is 19.4. The standard InChI is InChI=1S/C32H44N8O7.C2HF3O2/c1-2-46-32(45)38-18-16-37(17-19-38)31(44)24(13-14-33)35-29(42)25-20-28(40(36-25)23-10-4-3-5-11-23)47-21-27(41)39-15-7-12-26(39)30(43)34-22-8-6-9-22;3-2(4,5)1(6)7/h3-5,10-11,20,22,24,26H,2,6-9,12-19,21,33H2,1H3,(H,34,43)(H,35,42);(H,6,7)/t24-,26-;/m0./s1. The number of piperazine rings is 1. The fraction of sp³-hybridized carbons (Fsp3) is 0.559. The van der Waals surface area contributed by atoms with Gasteiger partial charge in [-0.25, -0.2) is 14.3 Å². The van der Waals surface area contributed by atoms with E-state index in [1.165, 1.54) is 10.7 Å². The average Bonchev–Trinajstić information content (AvgIpc) is 3.81. The number of carboxylic acids is 1. The predicted molar refractivity (Wildman–Crippen MR) is 183 cm³/mol. The van der Waals surface area contributed by atoms with E-state index in [1.807, 2.05) is 6.07 Å². The number of aromatic nitrogens is 2. The number of amides is 5. The predicted octanol–water partition coefficient (Wildman–Crippen LogP) is 1.29. The van der Waals surface area contributed by atoms with Crippen LogP contribution in [0.2, 0.25) is 0 Å². The molecule has 5 rings (SSSR count). The summed E-state index contributed by atoms with van der Waals surface area (Å²) in [7, 11) is 0. The van der Waals surface area contributed by atoms with Crippen molar-refractivity contribution in [1.29, 1.82) is 0 Å². The lowest BCUT2D eigenvalue weighted by molar-refractivity contribution is -0.192. The molecule has 54 heavy (non-hydrogen) atoms. The van der Waals surface area contributed by atoms with Gasteiger partial charge in [-0.15, -0.1) is 0 Å². The second-order valence-corrected chi connectivity index (χ2v) is 12.7. The molecular formula is C34H45F3N8O9. The van der Waals surface area contributed by atoms with E-state index >= 15 is 0 Å². The van der Waals surface area contributed by atoms with Crippen molar-refractivity contribution in [2.45, 2.75) is 69.8 Å². The number of carboxylic acid groups (broad SMARTS) is 1. The molecular weight excluding hydrogens is 721 g/mol. The second-order valence-electron chi connectivity index (χ2n) is 12.7. The zero-order valence-electron chi connectivity index (χ0n) is 29.8. The third kappa shape index (κ3) is 11.1. The van der Waals surface area contributed by atoms with Gasteiger partial charge in [0, 0.05) is 44.8 Å². The van der Waals surface area contributed by atoms with Gasteiger partial charge in [-0.2, -0.15) is 18.3 Å². The van der Waals surface area contributed by atoms with Gasteiger partial charge in [-0.3, -0.25) is 19.2 Å². The van der Waals surface area contributed by atoms with Gasteiger partial charge in [0.15, 0.2) is 12.3 Å². The molecule has 3 fully saturated rings. The second kappa shape index (κ2) is 19.1. The molecule has 1 aliphatic carbocycles. The van der Waals surface area contributed by atoms with Crippen molar-refractivity contribution in [2.24, 2.45) is 5.73 Å². The minimum Gasteiger partial charge on any atom is -0.475 e. The Morgan fingerprint density at radius 1 is 0.981 bits per heavy atom. The molecule has 1 saturated carbocycles. The van der Waals surface area contributed by atoms with Crippen LogP contribution in [0.5, 0.6) is 5.88 Å². The van der Waals surface area contributed by atoms with Crippen LogP contribution >= 0.6 is 0 Å². The molecule has 2 atom stereocenters. The van der Waals surface area contributed by atoms with Crippen LogP contribution in [0, 0.1) is 0 Å². The summed E-state index contributed by atoms with van der Waals surface area (Å²) in [5.41, 5.74) is 6.38. The molecule has 0 bridgehead atoms. The SMILES string of the molecule is CCOC(=O)N1CCN(C(=O)[C@H](CCN)NC(=O)c2cc(OCC(=O)N3CCC[C@H]3C(=O)NC3CCC3)n(-c3ccccc3)n2)CC1.O=C(O)C(F)(F)F. The number of halogens is 3. The fourth-order valence-corrected chi connectivity index (χ4v) is 5.94. The minimum absolute atomic E-state index is 0.0165. The Kier molecular flexibility index (Phi) is 14.6. The van der Waals surface area contributed by atoms with E-state index in [0.29, 0.717) is 44.8 Å². The maximum Gasteiger partial charge on any atom is 0.490 e. The largest absolute Gasteiger partial charge is 0.490 e. The normalized spacial score (nSPS) is 17.7. The van der Waals surface area contributed by atoms with Crippen LogP contribution in [0.4, 0.5) is 18.0 Å². The molecule has 0 radical (unpaired) electrons. The van der Waals surface area contributed by atoms with Crippen LogP contribution in [0.1, 0.15) is 55.9 Å². The van der Waals surface area contributed by atoms with Crippen LogP contribution in [-0.2, 0) is 23.9 Å². The minimum atomic E-state index is -5.08. The Morgan fingerprint density at radius 3 is 2.20 bits per heavy atom. The number of hydrogen-bond acceptors (Lipinski definition) is 10. The van der Waals surface area contributed by atoms with Gasteiger partial charge in [-0.1, -0.05) is 18.2 Å². The third-order valence-electron chi connectivity index (χ3n) is 9.00. The van der Waals surface area contributed by atoms with Crippen LogP contribution in [0.15, 0.2) is 36.4 Å². The number of para-hydroxylation sites is 1. The number of alkyl halides is 3. The van der Waals surface area contributed by atoms with Crippen molar-refractivity contribution in [1.82, 2.24) is 35.1 Å². The number of nitrogens with zero attached hydrogens (tertiary/aromatic N) is 5. The van der Waals surface area contributed by atoms with E-state index in [2.05, 4.69) is 15.7 Å². The maximum absolute atomic E-state index is 13.5. The third-order valence-corrected chi connectivity index (χ3v) is 9.00. The summed E-state index contributed by atoms with van der Waals surface area (Å²) in [6.07, 6.45) is -0.958. The first kappa shape index (κ1) is 41.4. The molecule has 2 aliphatic heterocycles. The highest BCUT2D eigenvalue weighted by molar-refractivity contribution is 5.96. The van der Waals surface area contributed by atoms with Gasteiger partial charge in [0.2, 0.25) is 17.7 Å². The molecule has 1 aromatic carbocycles. The Labute approximate surface area is 308 Å². The molecule has 5 N–H and O–H groups in total. The Hall–Kier alpha value is -5.40. The Morgan fingerprint density at radius 2 is 1.63 bits per heavy atom. The van der Waals surface area contributed by atoms with E-state index in [4.69, 9.17) is 25.1 Å². The molecule has 20 heteroatoms. The number of likely N-dealkylation sites (tertiary alicyclic amines) is 1. The molecule has 3 aliphatic rings. The summed E-state index contributed by atoms with van der Waals surface area (Å²) in [5.74, 6) is -3.98. The topological polar surface area (TPSA) is 219 Å². The van der Waals surface area contributed by atoms with Crippen LogP contribution in [0.25, 0.3) is 5.69 Å². The average molecular weight is 767 g/mol. The van der Waals surface area contributed by atoms with Crippen LogP contribution < -0.4 is 21.1 Å². The summed E-state index contributed by atoms with van der Waals surface area (Å²) in [5, 5.41) is 17.4. The van der Waals surface area contributed by atoms with Gasteiger partial charge in [0.25, 0.3) is 11.8 Å². The lowest BCUT2D eigenvalue weighted by Gasteiger charge is -2.35. The number of hydrogen-bond donors (Lipinski definition) is 4. The summed E-state index contributed by atoms with van der Waals surface area (Å²) in [6.45, 7) is 3.50. The van der Waals surface area contributed by atoms with Crippen molar-refractivity contribution in [3.05, 3.63) is 42.1 Å². The molecule has 0 unspecified atom stereocenters. The first-order chi connectivity index (χ1) is 25.7. The first-order valence-corrected chi connectivity index (χ1v) is 17.6. The molecule has 5 amide bonds.